The molecule has 0 aromatic carbocycles. The molecule has 0 spiro atoms. The Kier molecular flexibility index (Phi) is 11.5. The highest BCUT2D eigenvalue weighted by atomic mass is 31.2. The van der Waals surface area contributed by atoms with Crippen molar-refractivity contribution in [3.63, 3.8) is 0 Å². The Morgan fingerprint density at radius 2 is 1.52 bits per heavy atom. The van der Waals surface area contributed by atoms with Gasteiger partial charge in [-0.1, -0.05) is 34.9 Å². The minimum atomic E-state index is -3.17. The SMILES string of the molecule is COP(=O)(CC(O)C=C(C)CCC=C(C)CCC=C(C)C)OC. The van der Waals surface area contributed by atoms with E-state index in [-0.39, 0.29) is 6.16 Å². The second kappa shape index (κ2) is 11.8. The van der Waals surface area contributed by atoms with Crippen LogP contribution in [0.15, 0.2) is 34.9 Å². The third kappa shape index (κ3) is 11.5. The molecule has 4 nitrogen and oxygen atoms in total. The molecule has 0 amide bonds. The number of allylic oxidation sites excluding steroid dienone is 5. The molecule has 134 valence electrons. The Hall–Kier alpha value is -0.670. The summed E-state index contributed by atoms with van der Waals surface area (Å²) < 4.78 is 21.6. The van der Waals surface area contributed by atoms with Crippen LogP contribution in [0, 0.1) is 0 Å². The van der Waals surface area contributed by atoms with Crippen LogP contribution in [-0.2, 0) is 13.6 Å². The van der Waals surface area contributed by atoms with Crippen molar-refractivity contribution < 1.29 is 18.7 Å². The highest BCUT2D eigenvalue weighted by Gasteiger charge is 2.24. The zero-order chi connectivity index (χ0) is 17.9. The fourth-order valence-corrected chi connectivity index (χ4v) is 3.16. The Bertz CT molecular complexity index is 465. The van der Waals surface area contributed by atoms with Gasteiger partial charge in [0.2, 0.25) is 0 Å². The van der Waals surface area contributed by atoms with Crippen LogP contribution in [0.5, 0.6) is 0 Å². The summed E-state index contributed by atoms with van der Waals surface area (Å²) in [6.07, 6.45) is 9.39. The van der Waals surface area contributed by atoms with E-state index in [1.165, 1.54) is 25.4 Å². The van der Waals surface area contributed by atoms with Crippen LogP contribution in [0.1, 0.15) is 53.4 Å². The quantitative estimate of drug-likeness (QED) is 0.411. The van der Waals surface area contributed by atoms with E-state index in [1.54, 1.807) is 6.08 Å². The predicted octanol–water partition coefficient (Wildman–Crippen LogP) is 5.25. The molecule has 0 rings (SSSR count). The second-order valence-electron chi connectivity index (χ2n) is 6.15. The standard InChI is InChI=1S/C18H33O4P/c1-15(2)9-7-10-16(3)11-8-12-17(4)13-18(19)14-23(20,21-5)22-6/h9,11,13,18-19H,7-8,10,12,14H2,1-6H3. The molecule has 0 heterocycles. The van der Waals surface area contributed by atoms with Crippen molar-refractivity contribution in [2.75, 3.05) is 20.4 Å². The lowest BCUT2D eigenvalue weighted by Crippen LogP contribution is -2.12. The van der Waals surface area contributed by atoms with E-state index in [9.17, 15) is 9.67 Å². The van der Waals surface area contributed by atoms with E-state index in [1.807, 2.05) is 6.92 Å². The highest BCUT2D eigenvalue weighted by Crippen LogP contribution is 2.46. The molecule has 0 aromatic rings. The molecule has 0 saturated heterocycles. The van der Waals surface area contributed by atoms with Crippen LogP contribution in [-0.4, -0.2) is 31.6 Å². The van der Waals surface area contributed by atoms with Crippen molar-refractivity contribution in [1.82, 2.24) is 0 Å². The molecule has 0 aromatic heterocycles. The third-order valence-corrected chi connectivity index (χ3v) is 5.50. The normalized spacial score (nSPS) is 14.7. The molecule has 0 aliphatic heterocycles. The van der Waals surface area contributed by atoms with Crippen LogP contribution in [0.2, 0.25) is 0 Å². The zero-order valence-electron chi connectivity index (χ0n) is 15.5. The maximum Gasteiger partial charge on any atom is 0.333 e. The lowest BCUT2D eigenvalue weighted by molar-refractivity contribution is 0.218. The van der Waals surface area contributed by atoms with E-state index in [2.05, 4.69) is 32.9 Å². The van der Waals surface area contributed by atoms with Crippen LogP contribution in [0.4, 0.5) is 0 Å². The summed E-state index contributed by atoms with van der Waals surface area (Å²) in [6.45, 7) is 8.36. The van der Waals surface area contributed by atoms with Gasteiger partial charge in [-0.15, -0.1) is 0 Å². The molecule has 5 heteroatoms. The van der Waals surface area contributed by atoms with Crippen molar-refractivity contribution in [2.24, 2.45) is 0 Å². The number of aliphatic hydroxyl groups is 1. The molecule has 0 radical (unpaired) electrons. The van der Waals surface area contributed by atoms with Crippen LogP contribution >= 0.6 is 7.60 Å². The summed E-state index contributed by atoms with van der Waals surface area (Å²) >= 11 is 0. The summed E-state index contributed by atoms with van der Waals surface area (Å²) in [4.78, 5) is 0. The van der Waals surface area contributed by atoms with Crippen molar-refractivity contribution in [1.29, 1.82) is 0 Å². The number of hydrogen-bond donors (Lipinski definition) is 1. The van der Waals surface area contributed by atoms with Gasteiger partial charge >= 0.3 is 7.60 Å². The van der Waals surface area contributed by atoms with Crippen LogP contribution in [0.25, 0.3) is 0 Å². The monoisotopic (exact) mass is 344 g/mol. The van der Waals surface area contributed by atoms with Gasteiger partial charge in [-0.25, -0.2) is 0 Å². The number of aliphatic hydroxyl groups excluding tert-OH is 1. The first kappa shape index (κ1) is 22.3. The van der Waals surface area contributed by atoms with Crippen LogP contribution < -0.4 is 0 Å². The smallest absolute Gasteiger partial charge is 0.333 e. The molecule has 0 aliphatic carbocycles. The molecule has 1 atom stereocenters. The predicted molar refractivity (Wildman–Crippen MR) is 97.9 cm³/mol. The Morgan fingerprint density at radius 3 is 2.04 bits per heavy atom. The van der Waals surface area contributed by atoms with E-state index in [4.69, 9.17) is 9.05 Å². The summed E-state index contributed by atoms with van der Waals surface area (Å²) in [5.74, 6) is 0. The molecule has 1 N–H and O–H groups in total. The van der Waals surface area contributed by atoms with Gasteiger partial charge in [-0.2, -0.15) is 0 Å². The minimum absolute atomic E-state index is 0.0189. The highest BCUT2D eigenvalue weighted by molar-refractivity contribution is 7.53. The topological polar surface area (TPSA) is 55.8 Å². The Labute approximate surface area is 141 Å². The van der Waals surface area contributed by atoms with Crippen molar-refractivity contribution in [2.45, 2.75) is 59.5 Å². The number of rotatable bonds is 11. The summed E-state index contributed by atoms with van der Waals surface area (Å²) in [6, 6.07) is 0. The fraction of sp³-hybridized carbons (Fsp3) is 0.667. The van der Waals surface area contributed by atoms with E-state index < -0.39 is 13.7 Å². The van der Waals surface area contributed by atoms with Crippen molar-refractivity contribution >= 4 is 7.60 Å². The van der Waals surface area contributed by atoms with E-state index in [0.717, 1.165) is 31.3 Å². The summed E-state index contributed by atoms with van der Waals surface area (Å²) in [5.41, 5.74) is 3.82. The minimum Gasteiger partial charge on any atom is -0.388 e. The second-order valence-corrected chi connectivity index (χ2v) is 8.47. The lowest BCUT2D eigenvalue weighted by Gasteiger charge is -2.16. The van der Waals surface area contributed by atoms with E-state index >= 15 is 0 Å². The molecule has 0 fully saturated rings. The summed E-state index contributed by atoms with van der Waals surface area (Å²) in [7, 11) is -0.508. The zero-order valence-corrected chi connectivity index (χ0v) is 16.4. The van der Waals surface area contributed by atoms with Gasteiger partial charge in [0.25, 0.3) is 0 Å². The molecule has 0 bridgehead atoms. The average molecular weight is 344 g/mol. The van der Waals surface area contributed by atoms with Gasteiger partial charge in [0.15, 0.2) is 0 Å². The Morgan fingerprint density at radius 1 is 1.00 bits per heavy atom. The molecule has 23 heavy (non-hydrogen) atoms. The molecule has 1 unspecified atom stereocenters. The first-order valence-corrected chi connectivity index (χ1v) is 9.80. The lowest BCUT2D eigenvalue weighted by atomic mass is 10.1. The summed E-state index contributed by atoms with van der Waals surface area (Å²) in [5, 5.41) is 9.96. The van der Waals surface area contributed by atoms with Crippen LogP contribution in [0.3, 0.4) is 0 Å². The molecule has 0 saturated carbocycles. The largest absolute Gasteiger partial charge is 0.388 e. The first-order chi connectivity index (χ1) is 10.7. The van der Waals surface area contributed by atoms with Gasteiger partial charge < -0.3 is 14.2 Å². The van der Waals surface area contributed by atoms with Gasteiger partial charge in [-0.05, 0) is 53.4 Å². The average Bonchev–Trinajstić information content (AvgIpc) is 2.46. The third-order valence-electron chi connectivity index (χ3n) is 3.57. The molecule has 0 aliphatic rings. The fourth-order valence-electron chi connectivity index (χ4n) is 2.15. The van der Waals surface area contributed by atoms with Gasteiger partial charge in [0.1, 0.15) is 0 Å². The molecular weight excluding hydrogens is 311 g/mol. The van der Waals surface area contributed by atoms with E-state index in [0.29, 0.717) is 0 Å². The van der Waals surface area contributed by atoms with Crippen molar-refractivity contribution in [3.05, 3.63) is 34.9 Å². The molecular formula is C18H33O4P. The maximum absolute atomic E-state index is 11.9. The first-order valence-electron chi connectivity index (χ1n) is 8.07. The van der Waals surface area contributed by atoms with Gasteiger partial charge in [-0.3, -0.25) is 4.57 Å². The Balaban J connectivity index is 4.29. The van der Waals surface area contributed by atoms with Gasteiger partial charge in [0.05, 0.1) is 12.3 Å². The maximum atomic E-state index is 11.9. The van der Waals surface area contributed by atoms with Crippen molar-refractivity contribution in [3.8, 4) is 0 Å². The number of hydrogen-bond acceptors (Lipinski definition) is 4. The van der Waals surface area contributed by atoms with Gasteiger partial charge in [0, 0.05) is 14.2 Å².